The van der Waals surface area contributed by atoms with Crippen LogP contribution in [0, 0.1) is 0 Å². The number of anilines is 1. The molecule has 4 heteroatoms. The van der Waals surface area contributed by atoms with Gasteiger partial charge in [0.1, 0.15) is 10.8 Å². The van der Waals surface area contributed by atoms with Crippen LogP contribution < -0.4 is 10.1 Å². The van der Waals surface area contributed by atoms with Crippen LogP contribution in [0.2, 0.25) is 0 Å². The molecule has 0 saturated carbocycles. The van der Waals surface area contributed by atoms with E-state index in [1.165, 1.54) is 16.9 Å². The Balaban J connectivity index is 1.46. The lowest BCUT2D eigenvalue weighted by molar-refractivity contribution is 0.315. The number of hydrogen-bond donors (Lipinski definition) is 1. The quantitative estimate of drug-likeness (QED) is 0.690. The number of ether oxygens (including phenoxy) is 1. The van der Waals surface area contributed by atoms with Gasteiger partial charge in [-0.2, -0.15) is 4.37 Å². The van der Waals surface area contributed by atoms with Gasteiger partial charge in [0, 0.05) is 11.9 Å². The van der Waals surface area contributed by atoms with Crippen LogP contribution in [0.4, 0.5) is 5.00 Å². The summed E-state index contributed by atoms with van der Waals surface area (Å²) in [5.41, 5.74) is 1.06. The van der Waals surface area contributed by atoms with E-state index in [9.17, 15) is 0 Å². The van der Waals surface area contributed by atoms with Crippen molar-refractivity contribution in [1.29, 1.82) is 0 Å². The van der Waals surface area contributed by atoms with E-state index in [4.69, 9.17) is 4.74 Å². The lowest BCUT2D eigenvalue weighted by Crippen LogP contribution is -2.06. The predicted octanol–water partition coefficient (Wildman–Crippen LogP) is 4.18. The molecule has 0 unspecified atom stereocenters. The van der Waals surface area contributed by atoms with Gasteiger partial charge in [-0.3, -0.25) is 0 Å². The smallest absolute Gasteiger partial charge is 0.119 e. The third-order valence-electron chi connectivity index (χ3n) is 3.00. The molecule has 0 fully saturated rings. The fourth-order valence-corrected chi connectivity index (χ4v) is 2.78. The monoisotopic (exact) mass is 284 g/mol. The fraction of sp³-hybridized carbons (Fsp3) is 0.188. The van der Waals surface area contributed by atoms with Crippen LogP contribution in [0.3, 0.4) is 0 Å². The van der Waals surface area contributed by atoms with E-state index < -0.39 is 0 Å². The number of fused-ring (bicyclic) bond motifs is 1. The Morgan fingerprint density at radius 2 is 1.80 bits per heavy atom. The maximum atomic E-state index is 5.66. The first-order chi connectivity index (χ1) is 9.93. The van der Waals surface area contributed by atoms with Crippen LogP contribution in [0.25, 0.3) is 10.9 Å². The van der Waals surface area contributed by atoms with E-state index in [-0.39, 0.29) is 0 Å². The fourth-order valence-electron chi connectivity index (χ4n) is 2.00. The minimum atomic E-state index is 0.716. The molecular weight excluding hydrogens is 268 g/mol. The lowest BCUT2D eigenvalue weighted by atomic mass is 10.2. The van der Waals surface area contributed by atoms with Gasteiger partial charge in [0.25, 0.3) is 0 Å². The molecule has 0 amide bonds. The summed E-state index contributed by atoms with van der Waals surface area (Å²) >= 11 is 1.52. The molecule has 3 rings (SSSR count). The lowest BCUT2D eigenvalue weighted by Gasteiger charge is -2.06. The van der Waals surface area contributed by atoms with Crippen molar-refractivity contribution in [3.05, 3.63) is 54.6 Å². The number of aromatic nitrogens is 1. The van der Waals surface area contributed by atoms with Crippen LogP contribution in [-0.4, -0.2) is 17.5 Å². The van der Waals surface area contributed by atoms with Gasteiger partial charge in [-0.1, -0.05) is 30.3 Å². The van der Waals surface area contributed by atoms with Crippen LogP contribution in [0.1, 0.15) is 6.42 Å². The maximum Gasteiger partial charge on any atom is 0.119 e. The van der Waals surface area contributed by atoms with Crippen molar-refractivity contribution in [2.24, 2.45) is 0 Å². The summed E-state index contributed by atoms with van der Waals surface area (Å²) in [5.74, 6) is 0.927. The molecule has 20 heavy (non-hydrogen) atoms. The molecule has 3 aromatic rings. The van der Waals surface area contributed by atoms with E-state index in [0.717, 1.165) is 29.2 Å². The highest BCUT2D eigenvalue weighted by Gasteiger charge is 2.03. The molecule has 0 aliphatic rings. The van der Waals surface area contributed by atoms with E-state index in [2.05, 4.69) is 15.8 Å². The SMILES string of the molecule is c1ccc(OCCCNc2snc3ccccc23)cc1. The van der Waals surface area contributed by atoms with Gasteiger partial charge in [-0.25, -0.2) is 0 Å². The van der Waals surface area contributed by atoms with E-state index in [1.807, 2.05) is 48.5 Å². The third kappa shape index (κ3) is 3.08. The zero-order chi connectivity index (χ0) is 13.6. The van der Waals surface area contributed by atoms with Gasteiger partial charge in [-0.05, 0) is 42.2 Å². The van der Waals surface area contributed by atoms with Crippen molar-refractivity contribution in [1.82, 2.24) is 4.37 Å². The molecule has 0 atom stereocenters. The van der Waals surface area contributed by atoms with Gasteiger partial charge in [0.05, 0.1) is 12.1 Å². The average molecular weight is 284 g/mol. The van der Waals surface area contributed by atoms with Crippen LogP contribution in [-0.2, 0) is 0 Å². The molecule has 3 nitrogen and oxygen atoms in total. The molecular formula is C16H16N2OS. The molecule has 2 aromatic carbocycles. The Morgan fingerprint density at radius 1 is 1.00 bits per heavy atom. The predicted molar refractivity (Wildman–Crippen MR) is 84.7 cm³/mol. The van der Waals surface area contributed by atoms with Gasteiger partial charge >= 0.3 is 0 Å². The topological polar surface area (TPSA) is 34.1 Å². The highest BCUT2D eigenvalue weighted by Crippen LogP contribution is 2.26. The Kier molecular flexibility index (Phi) is 4.13. The number of nitrogens with zero attached hydrogens (tertiary/aromatic N) is 1. The molecule has 0 bridgehead atoms. The van der Waals surface area contributed by atoms with E-state index in [0.29, 0.717) is 6.61 Å². The molecule has 1 heterocycles. The van der Waals surface area contributed by atoms with Crippen molar-refractivity contribution in [2.45, 2.75) is 6.42 Å². The first kappa shape index (κ1) is 12.9. The van der Waals surface area contributed by atoms with Gasteiger partial charge in [0.2, 0.25) is 0 Å². The Hall–Kier alpha value is -2.07. The van der Waals surface area contributed by atoms with Crippen LogP contribution >= 0.6 is 11.5 Å². The van der Waals surface area contributed by atoms with E-state index in [1.54, 1.807) is 0 Å². The van der Waals surface area contributed by atoms with Crippen molar-refractivity contribution >= 4 is 27.4 Å². The van der Waals surface area contributed by atoms with Gasteiger partial charge in [-0.15, -0.1) is 0 Å². The summed E-state index contributed by atoms with van der Waals surface area (Å²) < 4.78 is 10.1. The van der Waals surface area contributed by atoms with Crippen LogP contribution in [0.5, 0.6) is 5.75 Å². The summed E-state index contributed by atoms with van der Waals surface area (Å²) in [7, 11) is 0. The molecule has 102 valence electrons. The minimum absolute atomic E-state index is 0.716. The highest BCUT2D eigenvalue weighted by molar-refractivity contribution is 7.11. The molecule has 0 aliphatic heterocycles. The Bertz CT molecular complexity index is 666. The Labute approximate surface area is 122 Å². The van der Waals surface area contributed by atoms with E-state index >= 15 is 0 Å². The van der Waals surface area contributed by atoms with Crippen molar-refractivity contribution in [3.63, 3.8) is 0 Å². The molecule has 1 N–H and O–H groups in total. The zero-order valence-electron chi connectivity index (χ0n) is 11.1. The number of hydrogen-bond acceptors (Lipinski definition) is 4. The summed E-state index contributed by atoms with van der Waals surface area (Å²) in [4.78, 5) is 0. The number of benzene rings is 2. The largest absolute Gasteiger partial charge is 0.494 e. The molecule has 1 aromatic heterocycles. The summed E-state index contributed by atoms with van der Waals surface area (Å²) in [6.45, 7) is 1.60. The van der Waals surface area contributed by atoms with Crippen LogP contribution in [0.15, 0.2) is 54.6 Å². The zero-order valence-corrected chi connectivity index (χ0v) is 11.9. The first-order valence-corrected chi connectivity index (χ1v) is 7.47. The number of nitrogens with one attached hydrogen (secondary N) is 1. The standard InChI is InChI=1S/C16H16N2OS/c1-2-7-13(8-3-1)19-12-6-11-17-16-14-9-4-5-10-15(14)18-20-16/h1-5,7-10,17H,6,11-12H2. The van der Waals surface area contributed by atoms with Gasteiger partial charge in [0.15, 0.2) is 0 Å². The minimum Gasteiger partial charge on any atom is -0.494 e. The second-order valence-electron chi connectivity index (χ2n) is 4.47. The average Bonchev–Trinajstić information content (AvgIpc) is 2.91. The first-order valence-electron chi connectivity index (χ1n) is 6.69. The summed E-state index contributed by atoms with van der Waals surface area (Å²) in [6, 6.07) is 18.1. The second kappa shape index (κ2) is 6.39. The summed E-state index contributed by atoms with van der Waals surface area (Å²) in [5, 5.41) is 5.76. The van der Waals surface area contributed by atoms with Crippen molar-refractivity contribution in [2.75, 3.05) is 18.5 Å². The number of para-hydroxylation sites is 1. The Morgan fingerprint density at radius 3 is 2.70 bits per heavy atom. The maximum absolute atomic E-state index is 5.66. The second-order valence-corrected chi connectivity index (χ2v) is 5.24. The third-order valence-corrected chi connectivity index (χ3v) is 3.84. The van der Waals surface area contributed by atoms with Gasteiger partial charge < -0.3 is 10.1 Å². The number of rotatable bonds is 6. The summed E-state index contributed by atoms with van der Waals surface area (Å²) in [6.07, 6.45) is 0.959. The normalized spacial score (nSPS) is 10.6. The molecule has 0 saturated heterocycles. The molecule has 0 spiro atoms. The van der Waals surface area contributed by atoms with Crippen molar-refractivity contribution < 1.29 is 4.74 Å². The molecule has 0 aliphatic carbocycles. The molecule has 0 radical (unpaired) electrons. The van der Waals surface area contributed by atoms with Crippen molar-refractivity contribution in [3.8, 4) is 5.75 Å². The highest BCUT2D eigenvalue weighted by atomic mass is 32.1.